The lowest BCUT2D eigenvalue weighted by molar-refractivity contribution is -0.137. The fraction of sp³-hybridized carbons (Fsp3) is 0.480. The summed E-state index contributed by atoms with van der Waals surface area (Å²) in [4.78, 5) is 17.3. The van der Waals surface area contributed by atoms with Crippen molar-refractivity contribution in [3.05, 3.63) is 64.6 Å². The van der Waals surface area contributed by atoms with E-state index >= 15 is 0 Å². The lowest BCUT2D eigenvalue weighted by Crippen LogP contribution is -2.46. The Morgan fingerprint density at radius 1 is 0.853 bits per heavy atom. The lowest BCUT2D eigenvalue weighted by atomic mass is 10.1. The van der Waals surface area contributed by atoms with Crippen LogP contribution in [0, 0.1) is 0 Å². The first kappa shape index (κ1) is 24.3. The lowest BCUT2D eigenvalue weighted by Gasteiger charge is -2.36. The molecule has 0 bridgehead atoms. The zero-order chi connectivity index (χ0) is 24.1. The van der Waals surface area contributed by atoms with E-state index in [1.807, 2.05) is 33.7 Å². The Kier molecular flexibility index (Phi) is 7.63. The highest BCUT2D eigenvalue weighted by molar-refractivity contribution is 5.75. The second-order valence-corrected chi connectivity index (χ2v) is 8.65. The number of hydrogen-bond donors (Lipinski definition) is 0. The van der Waals surface area contributed by atoms with Crippen LogP contribution in [0.1, 0.15) is 18.4 Å². The number of ether oxygens (including phenoxy) is 1. The molecule has 9 heteroatoms. The number of hydrogen-bond acceptors (Lipinski definition) is 4. The Morgan fingerprint density at radius 2 is 1.50 bits per heavy atom. The van der Waals surface area contributed by atoms with E-state index in [0.29, 0.717) is 38.5 Å². The first-order valence-corrected chi connectivity index (χ1v) is 11.7. The minimum absolute atomic E-state index is 0.00653. The number of fused-ring (bicyclic) bond motifs is 1. The molecule has 0 spiro atoms. The van der Waals surface area contributed by atoms with Crippen LogP contribution in [0.3, 0.4) is 0 Å². The number of unbranched alkanes of at least 4 members (excludes halogenated alkanes) is 1. The Bertz CT molecular complexity index is 1150. The third-order valence-electron chi connectivity index (χ3n) is 6.46. The number of rotatable bonds is 9. The van der Waals surface area contributed by atoms with Crippen molar-refractivity contribution in [3.63, 3.8) is 0 Å². The van der Waals surface area contributed by atoms with E-state index in [4.69, 9.17) is 4.74 Å². The number of para-hydroxylation sites is 2. The SMILES string of the molecule is COCCn1c(=O)n(CCCCN2CCN(c3cccc(C(F)(F)F)c3)CC2)c2ccccc21. The average Bonchev–Trinajstić information content (AvgIpc) is 3.11. The molecule has 0 aliphatic carbocycles. The summed E-state index contributed by atoms with van der Waals surface area (Å²) < 4.78 is 47.8. The van der Waals surface area contributed by atoms with Gasteiger partial charge in [0.25, 0.3) is 0 Å². The molecule has 0 saturated carbocycles. The van der Waals surface area contributed by atoms with Crippen molar-refractivity contribution in [3.8, 4) is 0 Å². The second kappa shape index (κ2) is 10.7. The number of methoxy groups -OCH3 is 1. The van der Waals surface area contributed by atoms with Crippen molar-refractivity contribution >= 4 is 16.7 Å². The van der Waals surface area contributed by atoms with Crippen molar-refractivity contribution in [1.82, 2.24) is 14.0 Å². The zero-order valence-electron chi connectivity index (χ0n) is 19.4. The summed E-state index contributed by atoms with van der Waals surface area (Å²) in [5.74, 6) is 0. The van der Waals surface area contributed by atoms with Gasteiger partial charge in [0, 0.05) is 45.5 Å². The van der Waals surface area contributed by atoms with Crippen LogP contribution in [0.5, 0.6) is 0 Å². The molecule has 2 aromatic carbocycles. The van der Waals surface area contributed by atoms with E-state index in [-0.39, 0.29) is 5.69 Å². The summed E-state index contributed by atoms with van der Waals surface area (Å²) in [5, 5.41) is 0. The van der Waals surface area contributed by atoms with E-state index in [1.54, 1.807) is 17.7 Å². The maximum absolute atomic E-state index is 13.0. The van der Waals surface area contributed by atoms with Crippen LogP contribution in [0.15, 0.2) is 53.3 Å². The summed E-state index contributed by atoms with van der Waals surface area (Å²) >= 11 is 0. The smallest absolute Gasteiger partial charge is 0.383 e. The molecule has 1 aromatic heterocycles. The van der Waals surface area contributed by atoms with Crippen LogP contribution in [0.25, 0.3) is 11.0 Å². The minimum Gasteiger partial charge on any atom is -0.383 e. The number of aromatic nitrogens is 2. The van der Waals surface area contributed by atoms with Crippen molar-refractivity contribution in [2.24, 2.45) is 0 Å². The third kappa shape index (κ3) is 5.47. The van der Waals surface area contributed by atoms with Crippen molar-refractivity contribution in [1.29, 1.82) is 0 Å². The molecule has 184 valence electrons. The van der Waals surface area contributed by atoms with Crippen LogP contribution in [-0.4, -0.2) is 60.5 Å². The highest BCUT2D eigenvalue weighted by atomic mass is 19.4. The Labute approximate surface area is 197 Å². The molecule has 6 nitrogen and oxygen atoms in total. The molecule has 1 aliphatic rings. The predicted molar refractivity (Wildman–Crippen MR) is 127 cm³/mol. The summed E-state index contributed by atoms with van der Waals surface area (Å²) in [6.45, 7) is 5.61. The summed E-state index contributed by atoms with van der Waals surface area (Å²) in [7, 11) is 1.63. The fourth-order valence-corrected chi connectivity index (χ4v) is 4.60. The molecular weight excluding hydrogens is 445 g/mol. The first-order chi connectivity index (χ1) is 16.4. The monoisotopic (exact) mass is 476 g/mol. The van der Waals surface area contributed by atoms with Crippen molar-refractivity contribution in [2.75, 3.05) is 51.3 Å². The van der Waals surface area contributed by atoms with Crippen molar-refractivity contribution in [2.45, 2.75) is 32.1 Å². The van der Waals surface area contributed by atoms with Gasteiger partial charge >= 0.3 is 11.9 Å². The van der Waals surface area contributed by atoms with Gasteiger partial charge in [0.1, 0.15) is 0 Å². The van der Waals surface area contributed by atoms with E-state index in [2.05, 4.69) is 4.90 Å². The molecule has 0 amide bonds. The molecule has 0 atom stereocenters. The molecule has 4 rings (SSSR count). The predicted octanol–water partition coefficient (Wildman–Crippen LogP) is 4.07. The first-order valence-electron chi connectivity index (χ1n) is 11.7. The van der Waals surface area contributed by atoms with Gasteiger partial charge in [-0.25, -0.2) is 4.79 Å². The summed E-state index contributed by atoms with van der Waals surface area (Å²) in [6.07, 6.45) is -2.49. The Morgan fingerprint density at radius 3 is 2.15 bits per heavy atom. The molecule has 1 saturated heterocycles. The molecule has 3 aromatic rings. The molecule has 1 fully saturated rings. The Balaban J connectivity index is 1.28. The molecular formula is C25H31F3N4O2. The molecule has 0 unspecified atom stereocenters. The van der Waals surface area contributed by atoms with E-state index in [9.17, 15) is 18.0 Å². The van der Waals surface area contributed by atoms with Gasteiger partial charge in [-0.1, -0.05) is 18.2 Å². The molecule has 34 heavy (non-hydrogen) atoms. The van der Waals surface area contributed by atoms with Gasteiger partial charge in [0.15, 0.2) is 0 Å². The quantitative estimate of drug-likeness (QED) is 0.437. The topological polar surface area (TPSA) is 42.6 Å². The normalized spacial score (nSPS) is 15.4. The highest BCUT2D eigenvalue weighted by Crippen LogP contribution is 2.31. The highest BCUT2D eigenvalue weighted by Gasteiger charge is 2.31. The minimum atomic E-state index is -4.32. The molecule has 0 N–H and O–H groups in total. The van der Waals surface area contributed by atoms with Gasteiger partial charge in [-0.05, 0) is 49.7 Å². The molecule has 0 radical (unpaired) electrons. The largest absolute Gasteiger partial charge is 0.416 e. The zero-order valence-corrected chi connectivity index (χ0v) is 19.4. The Hall–Kier alpha value is -2.78. The van der Waals surface area contributed by atoms with Crippen LogP contribution >= 0.6 is 0 Å². The fourth-order valence-electron chi connectivity index (χ4n) is 4.60. The van der Waals surface area contributed by atoms with Crippen molar-refractivity contribution < 1.29 is 17.9 Å². The van der Waals surface area contributed by atoms with Crippen LogP contribution < -0.4 is 10.6 Å². The summed E-state index contributed by atoms with van der Waals surface area (Å²) in [6, 6.07) is 13.4. The standard InChI is InChI=1S/C25H31F3N4O2/c1-34-18-17-32-23-10-3-2-9-22(23)31(24(32)33)12-5-4-11-29-13-15-30(16-14-29)21-8-6-7-20(19-21)25(26,27)28/h2-3,6-10,19H,4-5,11-18H2,1H3. The number of piperazine rings is 1. The van der Waals surface area contributed by atoms with E-state index in [1.165, 1.54) is 12.1 Å². The van der Waals surface area contributed by atoms with Crippen LogP contribution in [0.2, 0.25) is 0 Å². The van der Waals surface area contributed by atoms with E-state index < -0.39 is 11.7 Å². The number of benzene rings is 2. The number of nitrogens with zero attached hydrogens (tertiary/aromatic N) is 4. The molecule has 2 heterocycles. The second-order valence-electron chi connectivity index (χ2n) is 8.65. The maximum atomic E-state index is 13.0. The van der Waals surface area contributed by atoms with Gasteiger partial charge < -0.3 is 9.64 Å². The van der Waals surface area contributed by atoms with Gasteiger partial charge in [0.05, 0.1) is 29.7 Å². The van der Waals surface area contributed by atoms with E-state index in [0.717, 1.165) is 49.6 Å². The number of alkyl halides is 3. The number of anilines is 1. The number of imidazole rings is 1. The average molecular weight is 477 g/mol. The third-order valence-corrected chi connectivity index (χ3v) is 6.46. The van der Waals surface area contributed by atoms with Gasteiger partial charge in [0.2, 0.25) is 0 Å². The molecule has 1 aliphatic heterocycles. The van der Waals surface area contributed by atoms with Gasteiger partial charge in [-0.2, -0.15) is 13.2 Å². The maximum Gasteiger partial charge on any atom is 0.416 e. The van der Waals surface area contributed by atoms with Gasteiger partial charge in [-0.3, -0.25) is 14.0 Å². The van der Waals surface area contributed by atoms with Gasteiger partial charge in [-0.15, -0.1) is 0 Å². The van der Waals surface area contributed by atoms with Crippen LogP contribution in [0.4, 0.5) is 18.9 Å². The number of aryl methyl sites for hydroxylation is 1. The van der Waals surface area contributed by atoms with Crippen LogP contribution in [-0.2, 0) is 24.0 Å². The number of halogens is 3. The summed E-state index contributed by atoms with van der Waals surface area (Å²) in [5.41, 5.74) is 1.88.